The summed E-state index contributed by atoms with van der Waals surface area (Å²) in [7, 11) is 2.00. The van der Waals surface area contributed by atoms with Crippen LogP contribution in [0.25, 0.3) is 0 Å². The number of hydrogen-bond acceptors (Lipinski definition) is 1. The molecule has 0 heterocycles. The summed E-state index contributed by atoms with van der Waals surface area (Å²) in [6, 6.07) is 0. The number of likely N-dealkylation sites (N-methyl/N-ethyl adjacent to an activating group) is 1. The third kappa shape index (κ3) is 4.20. The third-order valence-corrected chi connectivity index (χ3v) is 1.78. The van der Waals surface area contributed by atoms with Crippen LogP contribution < -0.4 is 5.32 Å². The van der Waals surface area contributed by atoms with Crippen LogP contribution in [0.15, 0.2) is 11.6 Å². The van der Waals surface area contributed by atoms with Crippen LogP contribution in [0, 0.1) is 5.41 Å². The zero-order valence-corrected chi connectivity index (χ0v) is 8.49. The molecule has 0 saturated heterocycles. The van der Waals surface area contributed by atoms with Crippen LogP contribution in [-0.4, -0.2) is 13.6 Å². The Balaban J connectivity index is 4.22. The van der Waals surface area contributed by atoms with E-state index in [1.54, 1.807) is 0 Å². The summed E-state index contributed by atoms with van der Waals surface area (Å²) in [5, 5.41) is 3.19. The lowest BCUT2D eigenvalue weighted by Crippen LogP contribution is -2.20. The van der Waals surface area contributed by atoms with Crippen LogP contribution in [-0.2, 0) is 0 Å². The van der Waals surface area contributed by atoms with Crippen LogP contribution in [0.5, 0.6) is 0 Å². The van der Waals surface area contributed by atoms with Crippen LogP contribution in [0.1, 0.15) is 34.1 Å². The SMILES string of the molecule is CC/C=C(\CNC)C(C)(C)C. The van der Waals surface area contributed by atoms with Gasteiger partial charge in [-0.3, -0.25) is 0 Å². The summed E-state index contributed by atoms with van der Waals surface area (Å²) < 4.78 is 0. The highest BCUT2D eigenvalue weighted by Gasteiger charge is 2.14. The molecule has 1 N–H and O–H groups in total. The molecule has 0 aromatic heterocycles. The van der Waals surface area contributed by atoms with Crippen molar-refractivity contribution in [2.24, 2.45) is 5.41 Å². The van der Waals surface area contributed by atoms with Gasteiger partial charge < -0.3 is 5.32 Å². The Labute approximate surface area is 70.9 Å². The van der Waals surface area contributed by atoms with Gasteiger partial charge in [0.15, 0.2) is 0 Å². The van der Waals surface area contributed by atoms with E-state index in [9.17, 15) is 0 Å². The van der Waals surface area contributed by atoms with Crippen molar-refractivity contribution in [3.8, 4) is 0 Å². The second kappa shape index (κ2) is 4.55. The topological polar surface area (TPSA) is 12.0 Å². The molecule has 0 atom stereocenters. The van der Waals surface area contributed by atoms with Crippen molar-refractivity contribution in [3.63, 3.8) is 0 Å². The van der Waals surface area contributed by atoms with Gasteiger partial charge in [0.05, 0.1) is 0 Å². The molecule has 0 amide bonds. The Morgan fingerprint density at radius 1 is 1.36 bits per heavy atom. The Morgan fingerprint density at radius 3 is 2.18 bits per heavy atom. The lowest BCUT2D eigenvalue weighted by Gasteiger charge is -2.22. The Bertz CT molecular complexity index is 128. The van der Waals surface area contributed by atoms with Crippen LogP contribution in [0.2, 0.25) is 0 Å². The summed E-state index contributed by atoms with van der Waals surface area (Å²) in [6.07, 6.45) is 3.45. The fourth-order valence-corrected chi connectivity index (χ4v) is 1.08. The summed E-state index contributed by atoms with van der Waals surface area (Å²) in [5.74, 6) is 0. The third-order valence-electron chi connectivity index (χ3n) is 1.78. The van der Waals surface area contributed by atoms with E-state index in [1.165, 1.54) is 5.57 Å². The average Bonchev–Trinajstić information content (AvgIpc) is 1.85. The van der Waals surface area contributed by atoms with Gasteiger partial charge in [0.2, 0.25) is 0 Å². The molecule has 0 spiro atoms. The molecule has 0 aliphatic rings. The number of rotatable bonds is 3. The second-order valence-electron chi connectivity index (χ2n) is 3.92. The van der Waals surface area contributed by atoms with E-state index in [1.807, 2.05) is 7.05 Å². The maximum atomic E-state index is 3.19. The highest BCUT2D eigenvalue weighted by atomic mass is 14.8. The Kier molecular flexibility index (Phi) is 4.43. The van der Waals surface area contributed by atoms with Crippen LogP contribution in [0.3, 0.4) is 0 Å². The minimum absolute atomic E-state index is 0.318. The maximum Gasteiger partial charge on any atom is 0.0166 e. The quantitative estimate of drug-likeness (QED) is 0.618. The molecule has 0 radical (unpaired) electrons. The van der Waals surface area contributed by atoms with Crippen molar-refractivity contribution in [1.82, 2.24) is 5.32 Å². The van der Waals surface area contributed by atoms with E-state index < -0.39 is 0 Å². The summed E-state index contributed by atoms with van der Waals surface area (Å²) in [4.78, 5) is 0. The largest absolute Gasteiger partial charge is 0.316 e. The van der Waals surface area contributed by atoms with Crippen molar-refractivity contribution < 1.29 is 0 Å². The van der Waals surface area contributed by atoms with Gasteiger partial charge in [-0.25, -0.2) is 0 Å². The van der Waals surface area contributed by atoms with Crippen molar-refractivity contribution in [2.45, 2.75) is 34.1 Å². The van der Waals surface area contributed by atoms with Crippen molar-refractivity contribution in [1.29, 1.82) is 0 Å². The zero-order valence-electron chi connectivity index (χ0n) is 8.49. The molecule has 1 nitrogen and oxygen atoms in total. The minimum Gasteiger partial charge on any atom is -0.316 e. The molecular weight excluding hydrogens is 134 g/mol. The molecule has 66 valence electrons. The monoisotopic (exact) mass is 155 g/mol. The first-order chi connectivity index (χ1) is 5.02. The molecule has 0 fully saturated rings. The molecule has 1 heteroatoms. The first-order valence-corrected chi connectivity index (χ1v) is 4.36. The maximum absolute atomic E-state index is 3.19. The highest BCUT2D eigenvalue weighted by Crippen LogP contribution is 2.24. The lowest BCUT2D eigenvalue weighted by atomic mass is 9.86. The van der Waals surface area contributed by atoms with E-state index in [-0.39, 0.29) is 0 Å². The molecule has 11 heavy (non-hydrogen) atoms. The molecule has 0 bridgehead atoms. The van der Waals surface area contributed by atoms with Crippen LogP contribution >= 0.6 is 0 Å². The van der Waals surface area contributed by atoms with Crippen molar-refractivity contribution >= 4 is 0 Å². The molecule has 0 aliphatic carbocycles. The first kappa shape index (κ1) is 10.7. The molecule has 0 saturated carbocycles. The van der Waals surface area contributed by atoms with E-state index in [4.69, 9.17) is 0 Å². The summed E-state index contributed by atoms with van der Waals surface area (Å²) >= 11 is 0. The van der Waals surface area contributed by atoms with Crippen molar-refractivity contribution in [3.05, 3.63) is 11.6 Å². The first-order valence-electron chi connectivity index (χ1n) is 4.36. The van der Waals surface area contributed by atoms with Gasteiger partial charge >= 0.3 is 0 Å². The zero-order chi connectivity index (χ0) is 8.91. The lowest BCUT2D eigenvalue weighted by molar-refractivity contribution is 0.483. The van der Waals surface area contributed by atoms with Gasteiger partial charge in [-0.05, 0) is 18.9 Å². The molecule has 0 aromatic carbocycles. The predicted octanol–water partition coefficient (Wildman–Crippen LogP) is 2.59. The van der Waals surface area contributed by atoms with Gasteiger partial charge in [-0.1, -0.05) is 39.3 Å². The van der Waals surface area contributed by atoms with Crippen LogP contribution in [0.4, 0.5) is 0 Å². The van der Waals surface area contributed by atoms with Gasteiger partial charge in [0.1, 0.15) is 0 Å². The van der Waals surface area contributed by atoms with Crippen molar-refractivity contribution in [2.75, 3.05) is 13.6 Å². The van der Waals surface area contributed by atoms with Gasteiger partial charge in [0, 0.05) is 6.54 Å². The summed E-state index contributed by atoms with van der Waals surface area (Å²) in [5.41, 5.74) is 1.82. The molecule has 0 aliphatic heterocycles. The average molecular weight is 155 g/mol. The Morgan fingerprint density at radius 2 is 1.91 bits per heavy atom. The number of hydrogen-bond donors (Lipinski definition) is 1. The molecule has 0 rings (SSSR count). The van der Waals surface area contributed by atoms with E-state index in [0.717, 1.165) is 13.0 Å². The fourth-order valence-electron chi connectivity index (χ4n) is 1.08. The fraction of sp³-hybridized carbons (Fsp3) is 0.800. The molecule has 0 aromatic rings. The van der Waals surface area contributed by atoms with Gasteiger partial charge in [-0.15, -0.1) is 0 Å². The normalized spacial score (nSPS) is 13.7. The summed E-state index contributed by atoms with van der Waals surface area (Å²) in [6.45, 7) is 9.96. The van der Waals surface area contributed by atoms with E-state index in [2.05, 4.69) is 39.1 Å². The molecule has 0 unspecified atom stereocenters. The Hall–Kier alpha value is -0.300. The number of nitrogens with one attached hydrogen (secondary N) is 1. The second-order valence-corrected chi connectivity index (χ2v) is 3.92. The highest BCUT2D eigenvalue weighted by molar-refractivity contribution is 5.12. The predicted molar refractivity (Wildman–Crippen MR) is 51.8 cm³/mol. The van der Waals surface area contributed by atoms with E-state index >= 15 is 0 Å². The smallest absolute Gasteiger partial charge is 0.0166 e. The minimum atomic E-state index is 0.318. The standard InChI is InChI=1S/C10H21N/c1-6-7-9(8-11-5)10(2,3)4/h7,11H,6,8H2,1-5H3/b9-7+. The van der Waals surface area contributed by atoms with E-state index in [0.29, 0.717) is 5.41 Å². The van der Waals surface area contributed by atoms with Gasteiger partial charge in [0.25, 0.3) is 0 Å². The number of allylic oxidation sites excluding steroid dienone is 1. The molecular formula is C10H21N. The van der Waals surface area contributed by atoms with Gasteiger partial charge in [-0.2, -0.15) is 0 Å².